The van der Waals surface area contributed by atoms with Crippen molar-refractivity contribution in [2.24, 2.45) is 0 Å². The number of rotatable bonds is 2. The lowest BCUT2D eigenvalue weighted by molar-refractivity contribution is 0.601. The van der Waals surface area contributed by atoms with Gasteiger partial charge in [-0.05, 0) is 25.5 Å². The molecular weight excluding hydrogens is 208 g/mol. The smallest absolute Gasteiger partial charge is 0.138 e. The van der Waals surface area contributed by atoms with Gasteiger partial charge in [-0.25, -0.2) is 0 Å². The van der Waals surface area contributed by atoms with Gasteiger partial charge in [-0.1, -0.05) is 50.8 Å². The van der Waals surface area contributed by atoms with Crippen LogP contribution in [0.25, 0.3) is 23.1 Å². The van der Waals surface area contributed by atoms with E-state index >= 15 is 0 Å². The Bertz CT molecular complexity index is 530. The third-order valence-corrected chi connectivity index (χ3v) is 2.50. The van der Waals surface area contributed by atoms with E-state index in [1.807, 2.05) is 32.9 Å². The van der Waals surface area contributed by atoms with Gasteiger partial charge in [-0.15, -0.1) is 0 Å². The van der Waals surface area contributed by atoms with Gasteiger partial charge in [0.1, 0.15) is 11.3 Å². The molecule has 1 aromatic carbocycles. The van der Waals surface area contributed by atoms with Gasteiger partial charge in [-0.3, -0.25) is 0 Å². The Morgan fingerprint density at radius 1 is 1.24 bits per heavy atom. The minimum absolute atomic E-state index is 0.845. The van der Waals surface area contributed by atoms with Crippen LogP contribution in [0.15, 0.2) is 35.3 Å². The van der Waals surface area contributed by atoms with Gasteiger partial charge in [0.15, 0.2) is 0 Å². The second kappa shape index (κ2) is 6.09. The molecule has 2 rings (SSSR count). The van der Waals surface area contributed by atoms with Crippen LogP contribution in [0.4, 0.5) is 0 Å². The van der Waals surface area contributed by atoms with Crippen LogP contribution in [-0.4, -0.2) is 0 Å². The fraction of sp³-hybridized carbons (Fsp3) is 0.250. The van der Waals surface area contributed by atoms with E-state index < -0.39 is 0 Å². The summed E-state index contributed by atoms with van der Waals surface area (Å²) in [7, 11) is 0. The van der Waals surface area contributed by atoms with E-state index in [1.165, 1.54) is 0 Å². The highest BCUT2D eigenvalue weighted by atomic mass is 16.3. The van der Waals surface area contributed by atoms with Crippen LogP contribution < -0.4 is 0 Å². The maximum absolute atomic E-state index is 5.76. The first-order chi connectivity index (χ1) is 8.27. The van der Waals surface area contributed by atoms with Crippen LogP contribution in [-0.2, 0) is 0 Å². The van der Waals surface area contributed by atoms with Crippen molar-refractivity contribution in [3.63, 3.8) is 0 Å². The maximum Gasteiger partial charge on any atom is 0.138 e. The normalized spacial score (nSPS) is 10.4. The molecular formula is C16H20O. The predicted molar refractivity (Wildman–Crippen MR) is 77.1 cm³/mol. The lowest BCUT2D eigenvalue weighted by atomic mass is 10.1. The van der Waals surface area contributed by atoms with Crippen molar-refractivity contribution < 1.29 is 4.42 Å². The Labute approximate surface area is 103 Å². The van der Waals surface area contributed by atoms with E-state index in [4.69, 9.17) is 4.42 Å². The first kappa shape index (κ1) is 13.3. The summed E-state index contributed by atoms with van der Waals surface area (Å²) >= 11 is 0. The van der Waals surface area contributed by atoms with Crippen molar-refractivity contribution >= 4 is 23.1 Å². The third-order valence-electron chi connectivity index (χ3n) is 2.50. The summed E-state index contributed by atoms with van der Waals surface area (Å²) in [4.78, 5) is 0. The van der Waals surface area contributed by atoms with Crippen molar-refractivity contribution in [1.29, 1.82) is 0 Å². The average Bonchev–Trinajstić information content (AvgIpc) is 2.72. The molecule has 2 aromatic rings. The molecule has 0 N–H and O–H groups in total. The topological polar surface area (TPSA) is 13.1 Å². The van der Waals surface area contributed by atoms with E-state index in [0.29, 0.717) is 0 Å². The highest BCUT2D eigenvalue weighted by molar-refractivity contribution is 5.92. The molecule has 1 heteroatoms. The number of fused-ring (bicyclic) bond motifs is 1. The van der Waals surface area contributed by atoms with Crippen molar-refractivity contribution in [1.82, 2.24) is 0 Å². The molecule has 0 aliphatic carbocycles. The predicted octanol–water partition coefficient (Wildman–Crippen LogP) is 5.44. The molecule has 0 aliphatic rings. The molecule has 1 aromatic heterocycles. The number of furan rings is 1. The second-order valence-corrected chi connectivity index (χ2v) is 3.54. The Morgan fingerprint density at radius 2 is 1.94 bits per heavy atom. The zero-order valence-electron chi connectivity index (χ0n) is 11.1. The molecule has 17 heavy (non-hydrogen) atoms. The van der Waals surface area contributed by atoms with Crippen molar-refractivity contribution in [2.45, 2.75) is 27.7 Å². The molecule has 1 heterocycles. The Balaban J connectivity index is 0.000000686. The number of hydrogen-bond acceptors (Lipinski definition) is 1. The summed E-state index contributed by atoms with van der Waals surface area (Å²) in [6.07, 6.45) is 5.83. The summed E-state index contributed by atoms with van der Waals surface area (Å²) < 4.78 is 5.76. The lowest BCUT2D eigenvalue weighted by Gasteiger charge is -1.92. The zero-order valence-corrected chi connectivity index (χ0v) is 11.1. The number of allylic oxidation sites excluding steroid dienone is 1. The molecule has 0 atom stereocenters. The lowest BCUT2D eigenvalue weighted by Crippen LogP contribution is -1.73. The molecule has 0 spiro atoms. The van der Waals surface area contributed by atoms with Crippen LogP contribution in [0.1, 0.15) is 37.7 Å². The van der Waals surface area contributed by atoms with Crippen LogP contribution in [0, 0.1) is 6.92 Å². The second-order valence-electron chi connectivity index (χ2n) is 3.54. The summed E-state index contributed by atoms with van der Waals surface area (Å²) in [6.45, 7) is 11.8. The quantitative estimate of drug-likeness (QED) is 0.666. The summed E-state index contributed by atoms with van der Waals surface area (Å²) in [5, 5.41) is 1.16. The molecule has 0 unspecified atom stereocenters. The van der Waals surface area contributed by atoms with Gasteiger partial charge in [0.05, 0.1) is 0 Å². The molecule has 1 nitrogen and oxygen atoms in total. The highest BCUT2D eigenvalue weighted by Crippen LogP contribution is 2.29. The molecule has 0 saturated carbocycles. The van der Waals surface area contributed by atoms with Crippen LogP contribution in [0.3, 0.4) is 0 Å². The molecule has 0 bridgehead atoms. The van der Waals surface area contributed by atoms with E-state index in [9.17, 15) is 0 Å². The highest BCUT2D eigenvalue weighted by Gasteiger charge is 2.10. The monoisotopic (exact) mass is 228 g/mol. The third kappa shape index (κ3) is 2.50. The van der Waals surface area contributed by atoms with Gasteiger partial charge in [0.2, 0.25) is 0 Å². The SMILES string of the molecule is C=Cc1oc2c(C)cccc2c1/C=C\C.CC. The summed E-state index contributed by atoms with van der Waals surface area (Å²) in [5.74, 6) is 0.845. The van der Waals surface area contributed by atoms with E-state index in [1.54, 1.807) is 6.08 Å². The molecule has 0 amide bonds. The maximum atomic E-state index is 5.76. The van der Waals surface area contributed by atoms with Crippen LogP contribution in [0.2, 0.25) is 0 Å². The molecule has 90 valence electrons. The first-order valence-corrected chi connectivity index (χ1v) is 6.05. The molecule has 0 fully saturated rings. The van der Waals surface area contributed by atoms with Gasteiger partial charge in [-0.2, -0.15) is 0 Å². The minimum Gasteiger partial charge on any atom is -0.456 e. The van der Waals surface area contributed by atoms with Gasteiger partial charge in [0, 0.05) is 10.9 Å². The zero-order chi connectivity index (χ0) is 12.8. The van der Waals surface area contributed by atoms with E-state index in [2.05, 4.69) is 31.7 Å². The summed E-state index contributed by atoms with van der Waals surface area (Å²) in [5.41, 5.74) is 3.23. The summed E-state index contributed by atoms with van der Waals surface area (Å²) in [6, 6.07) is 6.18. The largest absolute Gasteiger partial charge is 0.456 e. The first-order valence-electron chi connectivity index (χ1n) is 6.05. The molecule has 0 saturated heterocycles. The van der Waals surface area contributed by atoms with Crippen LogP contribution in [0.5, 0.6) is 0 Å². The van der Waals surface area contributed by atoms with E-state index in [-0.39, 0.29) is 0 Å². The number of aryl methyl sites for hydroxylation is 1. The van der Waals surface area contributed by atoms with Crippen LogP contribution >= 0.6 is 0 Å². The fourth-order valence-corrected chi connectivity index (χ4v) is 1.79. The average molecular weight is 228 g/mol. The standard InChI is InChI=1S/C14H14O.C2H6/c1-4-7-11-12-9-6-8-10(3)14(12)15-13(11)5-2;1-2/h4-9H,2H2,1,3H3;1-2H3/b7-4-;. The molecule has 0 radical (unpaired) electrons. The Hall–Kier alpha value is -1.76. The number of hydrogen-bond donors (Lipinski definition) is 0. The van der Waals surface area contributed by atoms with Crippen molar-refractivity contribution in [3.05, 3.63) is 47.7 Å². The molecule has 0 aliphatic heterocycles. The van der Waals surface area contributed by atoms with Crippen molar-refractivity contribution in [2.75, 3.05) is 0 Å². The number of benzene rings is 1. The van der Waals surface area contributed by atoms with Gasteiger partial charge >= 0.3 is 0 Å². The fourth-order valence-electron chi connectivity index (χ4n) is 1.79. The Kier molecular flexibility index (Phi) is 4.77. The minimum atomic E-state index is 0.845. The van der Waals surface area contributed by atoms with Gasteiger partial charge < -0.3 is 4.42 Å². The van der Waals surface area contributed by atoms with Gasteiger partial charge in [0.25, 0.3) is 0 Å². The Morgan fingerprint density at radius 3 is 2.53 bits per heavy atom. The van der Waals surface area contributed by atoms with E-state index in [0.717, 1.165) is 27.9 Å². The number of para-hydroxylation sites is 1. The van der Waals surface area contributed by atoms with Crippen molar-refractivity contribution in [3.8, 4) is 0 Å².